The number of aryl methyl sites for hydroxylation is 1. The molecule has 1 saturated heterocycles. The van der Waals surface area contributed by atoms with E-state index in [0.29, 0.717) is 31.7 Å². The Bertz CT molecular complexity index is 1380. The average Bonchev–Trinajstić information content (AvgIpc) is 3.67. The van der Waals surface area contributed by atoms with E-state index < -0.39 is 37.2 Å². The maximum atomic E-state index is 14.1. The van der Waals surface area contributed by atoms with Crippen LogP contribution >= 0.6 is 0 Å². The Hall–Kier alpha value is -3.28. The van der Waals surface area contributed by atoms with Crippen molar-refractivity contribution >= 4 is 34.8 Å². The number of carbonyl (C=O) groups excluding carboxylic acids is 3. The fourth-order valence-electron chi connectivity index (χ4n) is 7.95. The van der Waals surface area contributed by atoms with E-state index >= 15 is 0 Å². The van der Waals surface area contributed by atoms with E-state index in [1.54, 1.807) is 0 Å². The van der Waals surface area contributed by atoms with Crippen molar-refractivity contribution in [2.45, 2.75) is 102 Å². The first-order valence-electron chi connectivity index (χ1n) is 16.4. The summed E-state index contributed by atoms with van der Waals surface area (Å²) in [6, 6.07) is 4.84. The number of hydrogen-bond acceptors (Lipinski definition) is 5. The lowest BCUT2D eigenvalue weighted by atomic mass is 9.75. The van der Waals surface area contributed by atoms with Crippen LogP contribution in [0.25, 0.3) is 10.9 Å². The second-order valence-corrected chi connectivity index (χ2v) is 13.1. The topological polar surface area (TPSA) is 134 Å². The molecule has 46 heavy (non-hydrogen) atoms. The van der Waals surface area contributed by atoms with Crippen LogP contribution in [-0.4, -0.2) is 70.4 Å². The summed E-state index contributed by atoms with van der Waals surface area (Å²) < 4.78 is 44.4. The Labute approximate surface area is 266 Å². The zero-order valence-corrected chi connectivity index (χ0v) is 26.3. The van der Waals surface area contributed by atoms with Crippen molar-refractivity contribution in [1.29, 1.82) is 0 Å². The molecule has 4 N–H and O–H groups in total. The lowest BCUT2D eigenvalue weighted by Crippen LogP contribution is -2.48. The van der Waals surface area contributed by atoms with Crippen LogP contribution in [0.4, 0.5) is 17.6 Å². The molecule has 3 atom stereocenters. The van der Waals surface area contributed by atoms with Crippen LogP contribution in [0.15, 0.2) is 18.2 Å². The van der Waals surface area contributed by atoms with Gasteiger partial charge in [-0.25, -0.2) is 9.18 Å². The van der Waals surface area contributed by atoms with Gasteiger partial charge in [0.25, 0.3) is 0 Å². The second kappa shape index (κ2) is 15.5. The van der Waals surface area contributed by atoms with Crippen molar-refractivity contribution in [1.82, 2.24) is 9.88 Å². The number of fused-ring (bicyclic) bond motifs is 1. The maximum Gasteiger partial charge on any atom is 0.446 e. The molecule has 1 aromatic carbocycles. The summed E-state index contributed by atoms with van der Waals surface area (Å²) in [5, 5.41) is 10.5. The van der Waals surface area contributed by atoms with E-state index in [4.69, 9.17) is 10.5 Å². The standard InChI is InChI=1S/C32H44FN3O4.C2HF3O/c1-2-23-25-16-19(8-13-27(25)35-29(23)32(39)40)17-28(37)30-24(20-6-4-3-5-7-20)14-15-36(30)31(38)22-11-9-21(10-12-22)26(34)18-33;3-2(4,5)1-6/h8,13,16,20-22,24,26,30,35H,2-7,9-12,14-15,17-18,34H2,1H3,(H,39,40);1H/t21?,22?,24-,26+,30-;/m0./s1. The van der Waals surface area contributed by atoms with Gasteiger partial charge in [0.05, 0.1) is 6.04 Å². The molecule has 2 aliphatic carbocycles. The lowest BCUT2D eigenvalue weighted by Gasteiger charge is -2.37. The molecule has 2 saturated carbocycles. The van der Waals surface area contributed by atoms with Crippen molar-refractivity contribution in [2.75, 3.05) is 13.2 Å². The number of amides is 1. The Morgan fingerprint density at radius 1 is 1.07 bits per heavy atom. The number of aromatic carboxylic acids is 1. The van der Waals surface area contributed by atoms with Gasteiger partial charge in [0.2, 0.25) is 12.2 Å². The molecule has 5 rings (SSSR count). The molecule has 2 heterocycles. The number of carboxylic acids is 1. The minimum Gasteiger partial charge on any atom is -0.477 e. The number of nitrogens with two attached hydrogens (primary N) is 1. The van der Waals surface area contributed by atoms with E-state index in [1.165, 1.54) is 19.3 Å². The lowest BCUT2D eigenvalue weighted by molar-refractivity contribution is -0.156. The molecule has 0 unspecified atom stereocenters. The van der Waals surface area contributed by atoms with Gasteiger partial charge in [-0.3, -0.25) is 14.4 Å². The average molecular weight is 652 g/mol. The van der Waals surface area contributed by atoms with Gasteiger partial charge in [0.1, 0.15) is 12.4 Å². The normalized spacial score (nSPS) is 24.7. The molecule has 1 aliphatic heterocycles. The summed E-state index contributed by atoms with van der Waals surface area (Å²) in [4.78, 5) is 53.3. The predicted octanol–water partition coefficient (Wildman–Crippen LogP) is 6.19. The zero-order chi connectivity index (χ0) is 33.6. The number of likely N-dealkylation sites (tertiary alicyclic amines) is 1. The quantitative estimate of drug-likeness (QED) is 0.219. The summed E-state index contributed by atoms with van der Waals surface area (Å²) in [6.45, 7) is 2.03. The number of rotatable bonds is 9. The summed E-state index contributed by atoms with van der Waals surface area (Å²) in [6.07, 6.45) is 4.75. The van der Waals surface area contributed by atoms with Gasteiger partial charge in [-0.05, 0) is 79.5 Å². The number of carbonyl (C=O) groups is 4. The third-order valence-electron chi connectivity index (χ3n) is 10.3. The third-order valence-corrected chi connectivity index (χ3v) is 10.3. The van der Waals surface area contributed by atoms with Gasteiger partial charge in [-0.2, -0.15) is 13.2 Å². The van der Waals surface area contributed by atoms with E-state index in [-0.39, 0.29) is 41.6 Å². The van der Waals surface area contributed by atoms with Crippen LogP contribution in [0.5, 0.6) is 0 Å². The molecule has 1 aromatic heterocycles. The minimum absolute atomic E-state index is 0.0842. The van der Waals surface area contributed by atoms with Crippen molar-refractivity contribution in [3.05, 3.63) is 35.0 Å². The van der Waals surface area contributed by atoms with Crippen LogP contribution in [0.2, 0.25) is 0 Å². The smallest absolute Gasteiger partial charge is 0.446 e. The van der Waals surface area contributed by atoms with Gasteiger partial charge >= 0.3 is 12.1 Å². The molecule has 12 heteroatoms. The first kappa shape index (κ1) is 35.6. The number of aromatic amines is 1. The zero-order valence-electron chi connectivity index (χ0n) is 26.3. The molecule has 0 spiro atoms. The highest BCUT2D eigenvalue weighted by Crippen LogP contribution is 2.41. The molecule has 254 valence electrons. The summed E-state index contributed by atoms with van der Waals surface area (Å²) >= 11 is 0. The number of ketones is 1. The first-order valence-corrected chi connectivity index (χ1v) is 16.4. The Morgan fingerprint density at radius 2 is 1.72 bits per heavy atom. The van der Waals surface area contributed by atoms with Gasteiger partial charge < -0.3 is 20.7 Å². The minimum atomic E-state index is -4.64. The highest BCUT2D eigenvalue weighted by Gasteiger charge is 2.46. The van der Waals surface area contributed by atoms with Crippen LogP contribution in [-0.2, 0) is 27.2 Å². The molecule has 2 aromatic rings. The molecule has 3 aliphatic rings. The van der Waals surface area contributed by atoms with Gasteiger partial charge in [0.15, 0.2) is 5.78 Å². The highest BCUT2D eigenvalue weighted by molar-refractivity contribution is 5.98. The van der Waals surface area contributed by atoms with E-state index in [0.717, 1.165) is 54.1 Å². The Balaban J connectivity index is 0.000000731. The summed E-state index contributed by atoms with van der Waals surface area (Å²) in [5.74, 6) is -0.156. The number of H-pyrrole nitrogens is 1. The van der Waals surface area contributed by atoms with Crippen molar-refractivity contribution < 1.29 is 41.8 Å². The number of alkyl halides is 4. The molecular weight excluding hydrogens is 606 g/mol. The fourth-order valence-corrected chi connectivity index (χ4v) is 7.95. The highest BCUT2D eigenvalue weighted by atomic mass is 19.4. The Morgan fingerprint density at radius 3 is 2.28 bits per heavy atom. The fraction of sp³-hybridized carbons (Fsp3) is 0.647. The van der Waals surface area contributed by atoms with Crippen molar-refractivity contribution in [2.24, 2.45) is 29.4 Å². The Kier molecular flexibility index (Phi) is 12.0. The van der Waals surface area contributed by atoms with E-state index in [1.807, 2.05) is 30.0 Å². The number of hydrogen-bond donors (Lipinski definition) is 3. The SMILES string of the molecule is CCc1c(C(=O)O)[nH]c2ccc(CC(=O)[C@@H]3[C@H](C4CCCCC4)CCN3C(=O)C3CCC([C@H](N)CF)CC3)cc12.O=CC(F)(F)F. The molecule has 0 bridgehead atoms. The number of Topliss-reactive ketones (excluding diaryl/α,β-unsaturated/α-hetero) is 1. The van der Waals surface area contributed by atoms with Crippen molar-refractivity contribution in [3.63, 3.8) is 0 Å². The summed E-state index contributed by atoms with van der Waals surface area (Å²) in [5.41, 5.74) is 8.51. The molecule has 3 fully saturated rings. The second-order valence-electron chi connectivity index (χ2n) is 13.1. The number of carboxylic acid groups (broad SMARTS) is 1. The van der Waals surface area contributed by atoms with Crippen LogP contribution in [0.1, 0.15) is 92.7 Å². The molecule has 1 amide bonds. The van der Waals surface area contributed by atoms with Crippen LogP contribution in [0, 0.1) is 23.7 Å². The molecule has 8 nitrogen and oxygen atoms in total. The van der Waals surface area contributed by atoms with Crippen LogP contribution < -0.4 is 5.73 Å². The number of halogens is 4. The van der Waals surface area contributed by atoms with Crippen molar-refractivity contribution in [3.8, 4) is 0 Å². The number of nitrogens with zero attached hydrogens (tertiary/aromatic N) is 1. The van der Waals surface area contributed by atoms with E-state index in [2.05, 4.69) is 4.98 Å². The number of aromatic nitrogens is 1. The van der Waals surface area contributed by atoms with Gasteiger partial charge in [-0.15, -0.1) is 0 Å². The first-order chi connectivity index (χ1) is 21.9. The third kappa shape index (κ3) is 8.35. The number of benzene rings is 1. The summed E-state index contributed by atoms with van der Waals surface area (Å²) in [7, 11) is 0. The number of aldehydes is 1. The van der Waals surface area contributed by atoms with E-state index in [9.17, 15) is 37.1 Å². The van der Waals surface area contributed by atoms with Crippen LogP contribution in [0.3, 0.4) is 0 Å². The van der Waals surface area contributed by atoms with Gasteiger partial charge in [0, 0.05) is 35.8 Å². The molecular formula is C34H45F4N3O5. The maximum absolute atomic E-state index is 14.1. The van der Waals surface area contributed by atoms with Gasteiger partial charge in [-0.1, -0.05) is 45.1 Å². The monoisotopic (exact) mass is 651 g/mol. The largest absolute Gasteiger partial charge is 0.477 e. The number of nitrogens with one attached hydrogen (secondary N) is 1. The predicted molar refractivity (Wildman–Crippen MR) is 165 cm³/mol. The molecule has 0 radical (unpaired) electrons.